The number of benzene rings is 1. The van der Waals surface area contributed by atoms with Crippen molar-refractivity contribution in [2.75, 3.05) is 63.6 Å². The molecule has 21 nitrogen and oxygen atoms in total. The number of nitrogens with zero attached hydrogens (tertiary/aromatic N) is 5. The fraction of sp³-hybridized carbons (Fsp3) is 0.528. The van der Waals surface area contributed by atoms with E-state index in [9.17, 15) is 37.2 Å². The van der Waals surface area contributed by atoms with Crippen LogP contribution in [0, 0.1) is 6.92 Å². The van der Waals surface area contributed by atoms with Crippen LogP contribution in [0.2, 0.25) is 5.15 Å². The van der Waals surface area contributed by atoms with Gasteiger partial charge in [-0.15, -0.1) is 0 Å². The normalized spacial score (nSPS) is 14.0. The summed E-state index contributed by atoms with van der Waals surface area (Å²) in [5.74, 6) is -3.35. The van der Waals surface area contributed by atoms with Gasteiger partial charge in [0.15, 0.2) is 35.0 Å². The third-order valence-corrected chi connectivity index (χ3v) is 9.50. The Bertz CT molecular complexity index is 1940. The summed E-state index contributed by atoms with van der Waals surface area (Å²) in [6.45, 7) is 8.56. The van der Waals surface area contributed by atoms with Crippen molar-refractivity contribution in [1.29, 1.82) is 0 Å². The number of nitrogens with one attached hydrogen (secondary N) is 3. The molecule has 0 bridgehead atoms. The van der Waals surface area contributed by atoms with Gasteiger partial charge in [-0.25, -0.2) is 23.1 Å². The van der Waals surface area contributed by atoms with Crippen LogP contribution in [-0.4, -0.2) is 138 Å². The first-order valence-corrected chi connectivity index (χ1v) is 20.9. The predicted octanol–water partition coefficient (Wildman–Crippen LogP) is 1.02. The highest BCUT2D eigenvalue weighted by molar-refractivity contribution is 7.88. The first-order chi connectivity index (χ1) is 27.7. The molecule has 1 fully saturated rings. The molecule has 0 aliphatic carbocycles. The van der Waals surface area contributed by atoms with Crippen LogP contribution in [-0.2, 0) is 33.9 Å². The number of halogens is 1. The molecule has 2 aromatic rings. The lowest BCUT2D eigenvalue weighted by molar-refractivity contribution is -0.152. The Balaban J connectivity index is 0.000000368. The number of sulfonamides is 1. The molecule has 0 radical (unpaired) electrons. The molecule has 0 unspecified atom stereocenters. The molecule has 9 N–H and O–H groups in total. The van der Waals surface area contributed by atoms with Crippen LogP contribution in [0.3, 0.4) is 0 Å². The molecular weight excluding hydrogens is 816 g/mol. The molecule has 59 heavy (non-hydrogen) atoms. The van der Waals surface area contributed by atoms with Gasteiger partial charge in [-0.1, -0.05) is 43.1 Å². The van der Waals surface area contributed by atoms with E-state index < -0.39 is 33.8 Å². The Kier molecular flexibility index (Phi) is 19.9. The van der Waals surface area contributed by atoms with Gasteiger partial charge in [-0.05, 0) is 44.7 Å². The molecule has 1 spiro atoms. The second kappa shape index (κ2) is 23.7. The molecule has 3 amide bonds. The molecule has 0 atom stereocenters. The molecule has 3 heterocycles. The van der Waals surface area contributed by atoms with Crippen molar-refractivity contribution in [3.63, 3.8) is 0 Å². The summed E-state index contributed by atoms with van der Waals surface area (Å²) in [6, 6.07) is 7.59. The number of amides is 3. The summed E-state index contributed by atoms with van der Waals surface area (Å²) >= 11 is 5.84. The minimum atomic E-state index is -3.31. The number of carboxylic acids is 2. The summed E-state index contributed by atoms with van der Waals surface area (Å²) in [4.78, 5) is 83.3. The molecule has 1 aromatic heterocycles. The molecule has 2 aliphatic rings. The number of carboxylic acid groups (broad SMARTS) is 2. The zero-order valence-corrected chi connectivity index (χ0v) is 35.0. The number of aliphatic carboxylic acids is 2. The zero-order valence-electron chi connectivity index (χ0n) is 33.5. The van der Waals surface area contributed by atoms with Gasteiger partial charge in [0.2, 0.25) is 10.0 Å². The second-order valence-electron chi connectivity index (χ2n) is 13.6. The van der Waals surface area contributed by atoms with Gasteiger partial charge in [0.05, 0.1) is 37.6 Å². The van der Waals surface area contributed by atoms with E-state index >= 15 is 0 Å². The molecule has 0 saturated carbocycles. The van der Waals surface area contributed by atoms with Crippen LogP contribution in [0.25, 0.3) is 0 Å². The summed E-state index contributed by atoms with van der Waals surface area (Å²) < 4.78 is 28.6. The topological polar surface area (TPSA) is 319 Å². The summed E-state index contributed by atoms with van der Waals surface area (Å²) in [5, 5.41) is 21.7. The molecular formula is C36H53ClN10O11S. The molecule has 1 aromatic carbocycles. The Morgan fingerprint density at radius 1 is 0.983 bits per heavy atom. The van der Waals surface area contributed by atoms with Gasteiger partial charge in [0.1, 0.15) is 0 Å². The monoisotopic (exact) mass is 868 g/mol. The summed E-state index contributed by atoms with van der Waals surface area (Å²) in [6.07, 6.45) is 3.43. The molecule has 4 rings (SSSR count). The summed E-state index contributed by atoms with van der Waals surface area (Å²) in [5.41, 5.74) is 12.6. The van der Waals surface area contributed by atoms with Crippen LogP contribution in [0.1, 0.15) is 85.2 Å². The number of aryl methyl sites for hydroxylation is 1. The molecule has 1 saturated heterocycles. The lowest BCUT2D eigenvalue weighted by Crippen LogP contribution is -2.57. The maximum atomic E-state index is 12.8. The third kappa shape index (κ3) is 17.8. The molecule has 2 aliphatic heterocycles. The van der Waals surface area contributed by atoms with Gasteiger partial charge in [-0.3, -0.25) is 39.1 Å². The number of rotatable bonds is 15. The van der Waals surface area contributed by atoms with E-state index in [2.05, 4.69) is 30.3 Å². The van der Waals surface area contributed by atoms with Crippen molar-refractivity contribution >= 4 is 74.8 Å². The van der Waals surface area contributed by atoms with E-state index in [1.54, 1.807) is 4.90 Å². The van der Waals surface area contributed by atoms with E-state index in [4.69, 9.17) is 38.0 Å². The first-order valence-electron chi connectivity index (χ1n) is 18.6. The largest absolute Gasteiger partial charge is 0.481 e. The highest BCUT2D eigenvalue weighted by atomic mass is 35.5. The van der Waals surface area contributed by atoms with E-state index in [1.165, 1.54) is 0 Å². The number of esters is 1. The van der Waals surface area contributed by atoms with Gasteiger partial charge in [-0.2, -0.15) is 0 Å². The van der Waals surface area contributed by atoms with Crippen LogP contribution in [0.4, 0.5) is 11.6 Å². The van der Waals surface area contributed by atoms with Gasteiger partial charge in [0.25, 0.3) is 17.7 Å². The van der Waals surface area contributed by atoms with Crippen LogP contribution in [0.5, 0.6) is 0 Å². The standard InChI is InChI=1S/C20H23ClN8O2.C12H24N2O5S.C4H6O4/c1-11-3-2-4-12(9-11)18(31)29-7-5-20(6-8-29)10-24-19(28-20)27-17(30)13-15(22)26-16(23)14(21)25-13;1-4-8-14(9-5-2)11(15)10-19-12(16)6-7-13-20(3,17)18;5-3(6)1-2-4(7)8/h2-4,9H,5-8,10H2,1H3,(H4,22,23,26)(H2,24,27,28,30);13H,4-10H2,1-3H3;1-2H2,(H,5,6)(H,7,8). The number of ether oxygens (including phenoxy) is 1. The highest BCUT2D eigenvalue weighted by Crippen LogP contribution is 2.27. The molecule has 23 heteroatoms. The number of nitrogens with two attached hydrogens (primary N) is 2. The minimum absolute atomic E-state index is 0.0280. The number of carbonyl (C=O) groups excluding carboxylic acids is 4. The molecule has 326 valence electrons. The maximum Gasteiger partial charge on any atom is 0.307 e. The fourth-order valence-electron chi connectivity index (χ4n) is 5.55. The average molecular weight is 869 g/mol. The number of carbonyl (C=O) groups is 6. The van der Waals surface area contributed by atoms with Crippen molar-refractivity contribution in [3.8, 4) is 0 Å². The van der Waals surface area contributed by atoms with Crippen molar-refractivity contribution < 1.29 is 52.1 Å². The van der Waals surface area contributed by atoms with Gasteiger partial charge < -0.3 is 41.5 Å². The smallest absolute Gasteiger partial charge is 0.307 e. The first kappa shape index (κ1) is 49.5. The maximum absolute atomic E-state index is 12.8. The number of aliphatic imine (C=N–C) groups is 1. The number of hydrogen-bond donors (Lipinski definition) is 7. The quantitative estimate of drug-likeness (QED) is 0.123. The summed E-state index contributed by atoms with van der Waals surface area (Å²) in [7, 11) is -3.31. The van der Waals surface area contributed by atoms with E-state index in [1.807, 2.05) is 49.9 Å². The van der Waals surface area contributed by atoms with Crippen molar-refractivity contribution in [1.82, 2.24) is 35.1 Å². The average Bonchev–Trinajstić information content (AvgIpc) is 3.55. The number of aromatic nitrogens is 2. The highest BCUT2D eigenvalue weighted by Gasteiger charge is 2.40. The van der Waals surface area contributed by atoms with E-state index in [0.717, 1.165) is 24.7 Å². The number of nitrogen functional groups attached to an aromatic ring is 2. The SMILES string of the molecule is CCCN(CCC)C(=O)COC(=O)CCNS(C)(=O)=O.Cc1cccc(C(=O)N2CCC3(CC2)CN=C(NC(=O)c2nc(Cl)c(N)nc2N)N3)c1.O=C(O)CCC(=O)O. The van der Waals surface area contributed by atoms with Crippen molar-refractivity contribution in [3.05, 3.63) is 46.2 Å². The van der Waals surface area contributed by atoms with Crippen molar-refractivity contribution in [2.24, 2.45) is 4.99 Å². The lowest BCUT2D eigenvalue weighted by Gasteiger charge is -2.39. The number of piperidine rings is 1. The number of anilines is 2. The van der Waals surface area contributed by atoms with Crippen molar-refractivity contribution in [2.45, 2.75) is 71.3 Å². The number of guanidine groups is 1. The third-order valence-electron chi connectivity index (χ3n) is 8.49. The Labute approximate surface area is 347 Å². The lowest BCUT2D eigenvalue weighted by atomic mass is 9.88. The number of likely N-dealkylation sites (tertiary alicyclic amines) is 1. The fourth-order valence-corrected chi connectivity index (χ4v) is 6.15. The zero-order chi connectivity index (χ0) is 44.3. The van der Waals surface area contributed by atoms with Crippen LogP contribution in [0.15, 0.2) is 29.3 Å². The minimum Gasteiger partial charge on any atom is -0.481 e. The Morgan fingerprint density at radius 2 is 1.59 bits per heavy atom. The van der Waals surface area contributed by atoms with E-state index in [0.29, 0.717) is 57.1 Å². The van der Waals surface area contributed by atoms with Gasteiger partial charge in [0, 0.05) is 38.3 Å². The van der Waals surface area contributed by atoms with Crippen LogP contribution < -0.4 is 26.8 Å². The Morgan fingerprint density at radius 3 is 2.14 bits per heavy atom. The van der Waals surface area contributed by atoms with E-state index in [-0.39, 0.29) is 72.3 Å². The predicted molar refractivity (Wildman–Crippen MR) is 218 cm³/mol. The Hall–Kier alpha value is -5.61. The number of hydrogen-bond acceptors (Lipinski definition) is 15. The van der Waals surface area contributed by atoms with Gasteiger partial charge >= 0.3 is 17.9 Å². The van der Waals surface area contributed by atoms with Crippen LogP contribution >= 0.6 is 11.6 Å². The second-order valence-corrected chi connectivity index (χ2v) is 15.8.